The van der Waals surface area contributed by atoms with Crippen LogP contribution in [0.5, 0.6) is 5.75 Å². The summed E-state index contributed by atoms with van der Waals surface area (Å²) in [5, 5.41) is 0. The number of nitrogens with one attached hydrogen (secondary N) is 1. The minimum absolute atomic E-state index is 0.0644. The molecule has 0 amide bonds. The molecule has 108 valence electrons. The molecule has 0 aliphatic rings. The SMILES string of the molecule is COc1cc(C)c(C)cc1S(=O)(=O)NCc1cocn1. The van der Waals surface area contributed by atoms with E-state index in [0.717, 1.165) is 11.1 Å². The number of nitrogens with zero attached hydrogens (tertiary/aromatic N) is 1. The molecule has 1 N–H and O–H groups in total. The highest BCUT2D eigenvalue weighted by Crippen LogP contribution is 2.27. The Balaban J connectivity index is 2.31. The largest absolute Gasteiger partial charge is 0.495 e. The Morgan fingerprint density at radius 1 is 1.30 bits per heavy atom. The van der Waals surface area contributed by atoms with Gasteiger partial charge in [0, 0.05) is 0 Å². The fourth-order valence-electron chi connectivity index (χ4n) is 1.70. The average Bonchev–Trinajstić information content (AvgIpc) is 2.92. The molecule has 20 heavy (non-hydrogen) atoms. The second-order valence-corrected chi connectivity index (χ2v) is 6.13. The van der Waals surface area contributed by atoms with Crippen molar-refractivity contribution in [2.24, 2.45) is 0 Å². The van der Waals surface area contributed by atoms with E-state index in [1.165, 1.54) is 19.8 Å². The number of ether oxygens (including phenoxy) is 1. The zero-order valence-corrected chi connectivity index (χ0v) is 12.3. The zero-order valence-electron chi connectivity index (χ0n) is 11.5. The first kappa shape index (κ1) is 14.5. The Hall–Kier alpha value is -1.86. The van der Waals surface area contributed by atoms with Gasteiger partial charge in [0.05, 0.1) is 19.3 Å². The van der Waals surface area contributed by atoms with Gasteiger partial charge < -0.3 is 9.15 Å². The Morgan fingerprint density at radius 3 is 2.60 bits per heavy atom. The van der Waals surface area contributed by atoms with E-state index in [0.29, 0.717) is 11.4 Å². The molecular weight excluding hydrogens is 280 g/mol. The van der Waals surface area contributed by atoms with Gasteiger partial charge >= 0.3 is 0 Å². The quantitative estimate of drug-likeness (QED) is 0.909. The number of rotatable bonds is 5. The molecule has 0 aliphatic carbocycles. The summed E-state index contributed by atoms with van der Waals surface area (Å²) < 4.78 is 37.1. The van der Waals surface area contributed by atoms with Crippen LogP contribution >= 0.6 is 0 Å². The number of sulfonamides is 1. The van der Waals surface area contributed by atoms with Crippen LogP contribution in [0.15, 0.2) is 34.1 Å². The third kappa shape index (κ3) is 3.00. The summed E-state index contributed by atoms with van der Waals surface area (Å²) in [6, 6.07) is 3.30. The summed E-state index contributed by atoms with van der Waals surface area (Å²) >= 11 is 0. The lowest BCUT2D eigenvalue weighted by Gasteiger charge is -2.12. The van der Waals surface area contributed by atoms with Gasteiger partial charge in [0.15, 0.2) is 6.39 Å². The van der Waals surface area contributed by atoms with Gasteiger partial charge in [0.2, 0.25) is 10.0 Å². The second-order valence-electron chi connectivity index (χ2n) is 4.39. The highest BCUT2D eigenvalue weighted by atomic mass is 32.2. The van der Waals surface area contributed by atoms with Gasteiger partial charge in [-0.05, 0) is 37.1 Å². The van der Waals surface area contributed by atoms with Crippen molar-refractivity contribution in [3.05, 3.63) is 41.6 Å². The Morgan fingerprint density at radius 2 is 2.00 bits per heavy atom. The maximum absolute atomic E-state index is 12.3. The van der Waals surface area contributed by atoms with Crippen LogP contribution in [0.25, 0.3) is 0 Å². The highest BCUT2D eigenvalue weighted by Gasteiger charge is 2.20. The molecule has 1 aromatic carbocycles. The first-order chi connectivity index (χ1) is 9.44. The number of hydrogen-bond donors (Lipinski definition) is 1. The average molecular weight is 296 g/mol. The van der Waals surface area contributed by atoms with Crippen LogP contribution in [-0.2, 0) is 16.6 Å². The highest BCUT2D eigenvalue weighted by molar-refractivity contribution is 7.89. The van der Waals surface area contributed by atoms with Crippen molar-refractivity contribution in [2.75, 3.05) is 7.11 Å². The number of benzene rings is 1. The zero-order chi connectivity index (χ0) is 14.8. The summed E-state index contributed by atoms with van der Waals surface area (Å²) in [5.74, 6) is 0.320. The minimum atomic E-state index is -3.68. The molecule has 0 radical (unpaired) electrons. The molecule has 0 unspecified atom stereocenters. The van der Waals surface area contributed by atoms with E-state index in [4.69, 9.17) is 9.15 Å². The molecule has 1 heterocycles. The van der Waals surface area contributed by atoms with Gasteiger partial charge in [-0.15, -0.1) is 0 Å². The fraction of sp³-hybridized carbons (Fsp3) is 0.308. The van der Waals surface area contributed by atoms with Crippen molar-refractivity contribution < 1.29 is 17.6 Å². The van der Waals surface area contributed by atoms with E-state index in [-0.39, 0.29) is 11.4 Å². The van der Waals surface area contributed by atoms with Crippen molar-refractivity contribution in [3.8, 4) is 5.75 Å². The molecule has 0 spiro atoms. The molecule has 0 fully saturated rings. The first-order valence-corrected chi connectivity index (χ1v) is 7.44. The summed E-state index contributed by atoms with van der Waals surface area (Å²) in [6.45, 7) is 3.82. The van der Waals surface area contributed by atoms with Gasteiger partial charge in [-0.1, -0.05) is 0 Å². The van der Waals surface area contributed by atoms with Crippen LogP contribution < -0.4 is 9.46 Å². The fourth-order valence-corrected chi connectivity index (χ4v) is 2.94. The molecule has 0 saturated heterocycles. The minimum Gasteiger partial charge on any atom is -0.495 e. The van der Waals surface area contributed by atoms with Gasteiger partial charge in [-0.25, -0.2) is 18.1 Å². The summed E-state index contributed by atoms with van der Waals surface area (Å²) in [7, 11) is -2.23. The van der Waals surface area contributed by atoms with E-state index in [1.54, 1.807) is 12.1 Å². The normalized spacial score (nSPS) is 11.6. The number of oxazole rings is 1. The molecule has 1 aromatic heterocycles. The van der Waals surface area contributed by atoms with Gasteiger partial charge in [-0.2, -0.15) is 0 Å². The molecular formula is C13H16N2O4S. The molecule has 0 bridgehead atoms. The van der Waals surface area contributed by atoms with Crippen molar-refractivity contribution >= 4 is 10.0 Å². The molecule has 0 saturated carbocycles. The van der Waals surface area contributed by atoms with Crippen LogP contribution in [0.4, 0.5) is 0 Å². The summed E-state index contributed by atoms with van der Waals surface area (Å²) in [6.07, 6.45) is 2.64. The number of methoxy groups -OCH3 is 1. The number of aryl methyl sites for hydroxylation is 2. The van der Waals surface area contributed by atoms with Crippen LogP contribution in [0, 0.1) is 13.8 Å². The summed E-state index contributed by atoms with van der Waals surface area (Å²) in [4.78, 5) is 3.98. The lowest BCUT2D eigenvalue weighted by Crippen LogP contribution is -2.24. The molecule has 6 nitrogen and oxygen atoms in total. The monoisotopic (exact) mass is 296 g/mol. The summed E-state index contributed by atoms with van der Waals surface area (Å²) in [5.41, 5.74) is 2.36. The third-order valence-electron chi connectivity index (χ3n) is 3.00. The van der Waals surface area contributed by atoms with Crippen molar-refractivity contribution in [3.63, 3.8) is 0 Å². The van der Waals surface area contributed by atoms with E-state index in [2.05, 4.69) is 9.71 Å². The second kappa shape index (κ2) is 5.64. The third-order valence-corrected chi connectivity index (χ3v) is 4.42. The lowest BCUT2D eigenvalue weighted by molar-refractivity contribution is 0.401. The smallest absolute Gasteiger partial charge is 0.244 e. The number of aromatic nitrogens is 1. The van der Waals surface area contributed by atoms with Crippen LogP contribution in [-0.4, -0.2) is 20.5 Å². The van der Waals surface area contributed by atoms with E-state index < -0.39 is 10.0 Å². The molecule has 0 aliphatic heterocycles. The van der Waals surface area contributed by atoms with Crippen LogP contribution in [0.3, 0.4) is 0 Å². The molecule has 7 heteroatoms. The van der Waals surface area contributed by atoms with Gasteiger partial charge in [-0.3, -0.25) is 0 Å². The van der Waals surface area contributed by atoms with E-state index >= 15 is 0 Å². The first-order valence-electron chi connectivity index (χ1n) is 5.96. The van der Waals surface area contributed by atoms with Crippen LogP contribution in [0.1, 0.15) is 16.8 Å². The topological polar surface area (TPSA) is 81.4 Å². The van der Waals surface area contributed by atoms with Crippen molar-refractivity contribution in [1.29, 1.82) is 0 Å². The Bertz CT molecular complexity index is 693. The molecule has 0 atom stereocenters. The van der Waals surface area contributed by atoms with Crippen molar-refractivity contribution in [1.82, 2.24) is 9.71 Å². The standard InChI is InChI=1S/C13H16N2O4S/c1-9-4-12(18-3)13(5-10(9)2)20(16,17)15-6-11-7-19-8-14-11/h4-5,7-8,15H,6H2,1-3H3. The lowest BCUT2D eigenvalue weighted by atomic mass is 10.1. The Kier molecular flexibility index (Phi) is 4.10. The van der Waals surface area contributed by atoms with E-state index in [1.807, 2.05) is 13.8 Å². The maximum Gasteiger partial charge on any atom is 0.244 e. The van der Waals surface area contributed by atoms with Gasteiger partial charge in [0.1, 0.15) is 16.9 Å². The van der Waals surface area contributed by atoms with E-state index in [9.17, 15) is 8.42 Å². The maximum atomic E-state index is 12.3. The van der Waals surface area contributed by atoms with Crippen LogP contribution in [0.2, 0.25) is 0 Å². The van der Waals surface area contributed by atoms with Gasteiger partial charge in [0.25, 0.3) is 0 Å². The Labute approximate surface area is 117 Å². The molecule has 2 rings (SSSR count). The predicted molar refractivity (Wildman–Crippen MR) is 73.0 cm³/mol. The molecule has 2 aromatic rings. The number of hydrogen-bond acceptors (Lipinski definition) is 5. The van der Waals surface area contributed by atoms with Crippen molar-refractivity contribution in [2.45, 2.75) is 25.3 Å². The predicted octanol–water partition coefficient (Wildman–Crippen LogP) is 1.78.